The van der Waals surface area contributed by atoms with Crippen LogP contribution in [0.2, 0.25) is 0 Å². The fraction of sp³-hybridized carbons (Fsp3) is 0.444. The van der Waals surface area contributed by atoms with Gasteiger partial charge in [0.15, 0.2) is 0 Å². The van der Waals surface area contributed by atoms with E-state index in [-0.39, 0.29) is 43.1 Å². The smallest absolute Gasteiger partial charge is 0.407 e. The molecule has 2 amide bonds. The highest BCUT2D eigenvalue weighted by atomic mass is 16.5. The Morgan fingerprint density at radius 2 is 1.63 bits per heavy atom. The zero-order valence-electron chi connectivity index (χ0n) is 19.5. The Morgan fingerprint density at radius 1 is 0.971 bits per heavy atom. The lowest BCUT2D eigenvalue weighted by Crippen LogP contribution is -2.57. The van der Waals surface area contributed by atoms with Gasteiger partial charge in [0.1, 0.15) is 13.2 Å². The van der Waals surface area contributed by atoms with Gasteiger partial charge in [0.25, 0.3) is 0 Å². The molecule has 3 aliphatic rings. The number of aliphatic carboxylic acids is 1. The van der Waals surface area contributed by atoms with E-state index in [0.29, 0.717) is 19.5 Å². The first-order valence-corrected chi connectivity index (χ1v) is 12.2. The highest BCUT2D eigenvalue weighted by Crippen LogP contribution is 2.44. The van der Waals surface area contributed by atoms with E-state index >= 15 is 0 Å². The summed E-state index contributed by atoms with van der Waals surface area (Å²) in [5.41, 5.74) is 4.72. The number of carbonyl (C=O) groups is 3. The van der Waals surface area contributed by atoms with Gasteiger partial charge in [0.05, 0.1) is 6.10 Å². The maximum atomic E-state index is 12.8. The Morgan fingerprint density at radius 3 is 2.29 bits per heavy atom. The van der Waals surface area contributed by atoms with Crippen LogP contribution in [0, 0.1) is 5.92 Å². The number of carbonyl (C=O) groups excluding carboxylic acids is 2. The van der Waals surface area contributed by atoms with Crippen molar-refractivity contribution in [2.24, 2.45) is 5.92 Å². The molecule has 2 N–H and O–H groups in total. The molecule has 1 aliphatic heterocycles. The van der Waals surface area contributed by atoms with Crippen molar-refractivity contribution in [3.05, 3.63) is 59.7 Å². The van der Waals surface area contributed by atoms with Crippen LogP contribution in [0.15, 0.2) is 48.5 Å². The van der Waals surface area contributed by atoms with Gasteiger partial charge in [-0.15, -0.1) is 0 Å². The van der Waals surface area contributed by atoms with E-state index in [1.54, 1.807) is 4.90 Å². The molecule has 8 nitrogen and oxygen atoms in total. The van der Waals surface area contributed by atoms with Crippen molar-refractivity contribution in [2.45, 2.75) is 43.7 Å². The highest BCUT2D eigenvalue weighted by Gasteiger charge is 2.38. The summed E-state index contributed by atoms with van der Waals surface area (Å²) in [7, 11) is 0. The summed E-state index contributed by atoms with van der Waals surface area (Å²) >= 11 is 0. The van der Waals surface area contributed by atoms with Crippen molar-refractivity contribution in [3.63, 3.8) is 0 Å². The van der Waals surface area contributed by atoms with Gasteiger partial charge in [-0.1, -0.05) is 55.0 Å². The molecule has 184 valence electrons. The van der Waals surface area contributed by atoms with Crippen LogP contribution >= 0.6 is 0 Å². The Bertz CT molecular complexity index is 1070. The number of hydrogen-bond donors (Lipinski definition) is 2. The number of amides is 2. The number of nitrogens with one attached hydrogen (secondary N) is 1. The number of nitrogens with zero attached hydrogens (tertiary/aromatic N) is 1. The highest BCUT2D eigenvalue weighted by molar-refractivity contribution is 5.80. The molecule has 1 heterocycles. The van der Waals surface area contributed by atoms with Gasteiger partial charge in [0.2, 0.25) is 5.91 Å². The molecule has 2 fully saturated rings. The third-order valence-corrected chi connectivity index (χ3v) is 7.29. The van der Waals surface area contributed by atoms with Crippen LogP contribution in [0.5, 0.6) is 0 Å². The molecule has 2 aromatic carbocycles. The lowest BCUT2D eigenvalue weighted by molar-refractivity contribution is -0.157. The molecule has 2 aromatic rings. The molecule has 0 aromatic heterocycles. The number of carboxylic acid groups (broad SMARTS) is 1. The Hall–Kier alpha value is -3.39. The second-order valence-electron chi connectivity index (χ2n) is 9.60. The van der Waals surface area contributed by atoms with Gasteiger partial charge in [-0.3, -0.25) is 4.79 Å². The molecular formula is C27H30N2O6. The van der Waals surface area contributed by atoms with E-state index in [9.17, 15) is 14.4 Å². The number of rotatable bonds is 7. The third kappa shape index (κ3) is 5.03. The summed E-state index contributed by atoms with van der Waals surface area (Å²) in [5.74, 6) is -1.09. The SMILES string of the molecule is O=C(O)COC1CN(C(=O)C2CCCC(NC(=O)OCC3c4ccccc4-c4ccccc43)C2)C1. The minimum atomic E-state index is -1.01. The van der Waals surface area contributed by atoms with Crippen molar-refractivity contribution in [3.8, 4) is 11.1 Å². The zero-order chi connectivity index (χ0) is 24.4. The van der Waals surface area contributed by atoms with Crippen molar-refractivity contribution in [1.29, 1.82) is 0 Å². The summed E-state index contributed by atoms with van der Waals surface area (Å²) in [6.45, 7) is 0.767. The first-order chi connectivity index (χ1) is 17.0. The van der Waals surface area contributed by atoms with Crippen LogP contribution in [-0.4, -0.2) is 66.4 Å². The summed E-state index contributed by atoms with van der Waals surface area (Å²) in [4.78, 5) is 37.8. The van der Waals surface area contributed by atoms with Gasteiger partial charge in [-0.2, -0.15) is 0 Å². The summed E-state index contributed by atoms with van der Waals surface area (Å²) in [6.07, 6.45) is 2.39. The first-order valence-electron chi connectivity index (χ1n) is 12.2. The molecule has 2 aliphatic carbocycles. The second-order valence-corrected chi connectivity index (χ2v) is 9.60. The number of likely N-dealkylation sites (tertiary alicyclic amines) is 1. The van der Waals surface area contributed by atoms with E-state index < -0.39 is 12.1 Å². The molecule has 1 saturated carbocycles. The largest absolute Gasteiger partial charge is 0.480 e. The predicted octanol–water partition coefficient (Wildman–Crippen LogP) is 3.40. The predicted molar refractivity (Wildman–Crippen MR) is 128 cm³/mol. The minimum Gasteiger partial charge on any atom is -0.480 e. The first kappa shape index (κ1) is 23.4. The molecule has 1 saturated heterocycles. The van der Waals surface area contributed by atoms with Gasteiger partial charge >= 0.3 is 12.1 Å². The quantitative estimate of drug-likeness (QED) is 0.632. The van der Waals surface area contributed by atoms with Gasteiger partial charge in [-0.05, 0) is 41.5 Å². The molecule has 35 heavy (non-hydrogen) atoms. The van der Waals surface area contributed by atoms with E-state index in [0.717, 1.165) is 19.3 Å². The summed E-state index contributed by atoms with van der Waals surface area (Å²) < 4.78 is 10.9. The van der Waals surface area contributed by atoms with Crippen LogP contribution in [0.25, 0.3) is 11.1 Å². The minimum absolute atomic E-state index is 0.0107. The summed E-state index contributed by atoms with van der Waals surface area (Å²) in [5, 5.41) is 11.7. The maximum absolute atomic E-state index is 12.8. The fourth-order valence-corrected chi connectivity index (χ4v) is 5.52. The Balaban J connectivity index is 1.11. The molecule has 0 radical (unpaired) electrons. The Labute approximate surface area is 204 Å². The monoisotopic (exact) mass is 478 g/mol. The molecule has 8 heteroatoms. The standard InChI is InChI=1S/C27H30N2O6/c30-25(31)16-34-19-13-29(14-19)26(32)17-6-5-7-18(12-17)28-27(33)35-15-24-22-10-3-1-8-20(22)21-9-2-4-11-23(21)24/h1-4,8-11,17-19,24H,5-7,12-16H2,(H,28,33)(H,30,31). The van der Waals surface area contributed by atoms with Crippen LogP contribution in [0.4, 0.5) is 4.79 Å². The number of benzene rings is 2. The molecule has 2 unspecified atom stereocenters. The van der Waals surface area contributed by atoms with E-state index in [1.165, 1.54) is 22.3 Å². The fourth-order valence-electron chi connectivity index (χ4n) is 5.52. The van der Waals surface area contributed by atoms with Crippen molar-refractivity contribution >= 4 is 18.0 Å². The third-order valence-electron chi connectivity index (χ3n) is 7.29. The van der Waals surface area contributed by atoms with Crippen LogP contribution in [0.3, 0.4) is 0 Å². The Kier molecular flexibility index (Phi) is 6.72. The van der Waals surface area contributed by atoms with Crippen molar-refractivity contribution < 1.29 is 29.0 Å². The zero-order valence-corrected chi connectivity index (χ0v) is 19.5. The van der Waals surface area contributed by atoms with Crippen LogP contribution in [0.1, 0.15) is 42.7 Å². The van der Waals surface area contributed by atoms with Gasteiger partial charge in [0, 0.05) is 31.0 Å². The van der Waals surface area contributed by atoms with Crippen molar-refractivity contribution in [2.75, 3.05) is 26.3 Å². The molecule has 2 atom stereocenters. The van der Waals surface area contributed by atoms with Crippen molar-refractivity contribution in [1.82, 2.24) is 10.2 Å². The number of fused-ring (bicyclic) bond motifs is 3. The van der Waals surface area contributed by atoms with E-state index in [4.69, 9.17) is 14.6 Å². The maximum Gasteiger partial charge on any atom is 0.407 e. The average molecular weight is 479 g/mol. The van der Waals surface area contributed by atoms with Gasteiger partial charge < -0.3 is 24.8 Å². The normalized spacial score (nSPS) is 21.5. The average Bonchev–Trinajstić information content (AvgIpc) is 3.15. The van der Waals surface area contributed by atoms with Crippen LogP contribution < -0.4 is 5.32 Å². The number of alkyl carbamates (subject to hydrolysis) is 1. The van der Waals surface area contributed by atoms with E-state index in [2.05, 4.69) is 29.6 Å². The van der Waals surface area contributed by atoms with E-state index in [1.807, 2.05) is 24.3 Å². The number of hydrogen-bond acceptors (Lipinski definition) is 5. The summed E-state index contributed by atoms with van der Waals surface area (Å²) in [6, 6.07) is 16.3. The lowest BCUT2D eigenvalue weighted by Gasteiger charge is -2.41. The van der Waals surface area contributed by atoms with Gasteiger partial charge in [-0.25, -0.2) is 9.59 Å². The lowest BCUT2D eigenvalue weighted by atomic mass is 9.84. The van der Waals surface area contributed by atoms with Crippen LogP contribution in [-0.2, 0) is 19.1 Å². The number of carboxylic acids is 1. The second kappa shape index (κ2) is 10.1. The molecule has 5 rings (SSSR count). The molecule has 0 bridgehead atoms. The molecule has 0 spiro atoms. The topological polar surface area (TPSA) is 105 Å². The molecular weight excluding hydrogens is 448 g/mol. The number of ether oxygens (including phenoxy) is 2.